The zero-order chi connectivity index (χ0) is 11.7. The summed E-state index contributed by atoms with van der Waals surface area (Å²) >= 11 is 1.77. The van der Waals surface area contributed by atoms with Crippen LogP contribution in [0.2, 0.25) is 0 Å². The minimum Gasteiger partial charge on any atom is -0.399 e. The van der Waals surface area contributed by atoms with Crippen molar-refractivity contribution in [3.8, 4) is 0 Å². The highest BCUT2D eigenvalue weighted by Crippen LogP contribution is 2.22. The molecule has 1 aromatic heterocycles. The molecule has 0 bridgehead atoms. The van der Waals surface area contributed by atoms with Crippen molar-refractivity contribution < 1.29 is 0 Å². The Morgan fingerprint density at radius 3 is 2.94 bits per heavy atom. The van der Waals surface area contributed by atoms with E-state index in [1.807, 2.05) is 17.6 Å². The molecule has 0 fully saturated rings. The Kier molecular flexibility index (Phi) is 2.82. The molecule has 3 nitrogen and oxygen atoms in total. The maximum Gasteiger partial charge on any atom is 0.0798 e. The summed E-state index contributed by atoms with van der Waals surface area (Å²) < 4.78 is 0. The van der Waals surface area contributed by atoms with Crippen LogP contribution in [0.1, 0.15) is 16.1 Å². The fraction of sp³-hybridized carbons (Fsp3) is 0.308. The summed E-state index contributed by atoms with van der Waals surface area (Å²) in [6, 6.07) is 8.16. The summed E-state index contributed by atoms with van der Waals surface area (Å²) in [6.07, 6.45) is 1.08. The van der Waals surface area contributed by atoms with E-state index in [9.17, 15) is 0 Å². The number of hydrogen-bond acceptors (Lipinski definition) is 4. The van der Waals surface area contributed by atoms with Gasteiger partial charge in [-0.15, -0.1) is 11.3 Å². The molecule has 0 saturated carbocycles. The Bertz CT molecular complexity index is 504. The summed E-state index contributed by atoms with van der Waals surface area (Å²) in [4.78, 5) is 8.27. The van der Waals surface area contributed by atoms with E-state index in [1.165, 1.54) is 16.1 Å². The maximum absolute atomic E-state index is 5.69. The third kappa shape index (κ3) is 2.33. The monoisotopic (exact) mass is 245 g/mol. The van der Waals surface area contributed by atoms with Gasteiger partial charge >= 0.3 is 0 Å². The van der Waals surface area contributed by atoms with E-state index in [0.717, 1.165) is 31.7 Å². The van der Waals surface area contributed by atoms with Crippen molar-refractivity contribution in [2.75, 3.05) is 12.3 Å². The lowest BCUT2D eigenvalue weighted by atomic mass is 10.1. The Balaban J connectivity index is 1.69. The number of anilines is 1. The fourth-order valence-corrected chi connectivity index (χ4v) is 3.04. The second-order valence-electron chi connectivity index (χ2n) is 4.42. The minimum atomic E-state index is 0.831. The second-order valence-corrected chi connectivity index (χ2v) is 5.36. The Hall–Kier alpha value is -1.39. The molecule has 88 valence electrons. The lowest BCUT2D eigenvalue weighted by Crippen LogP contribution is -2.29. The van der Waals surface area contributed by atoms with Gasteiger partial charge in [-0.3, -0.25) is 4.90 Å². The number of fused-ring (bicyclic) bond motifs is 1. The van der Waals surface area contributed by atoms with E-state index in [1.54, 1.807) is 11.3 Å². The van der Waals surface area contributed by atoms with Gasteiger partial charge in [-0.05, 0) is 17.7 Å². The SMILES string of the molecule is Nc1ccc(CN2CCc3ncsc3C2)cc1. The average molecular weight is 245 g/mol. The van der Waals surface area contributed by atoms with Gasteiger partial charge in [0, 0.05) is 36.6 Å². The summed E-state index contributed by atoms with van der Waals surface area (Å²) in [7, 11) is 0. The predicted molar refractivity (Wildman–Crippen MR) is 70.8 cm³/mol. The molecule has 0 spiro atoms. The highest BCUT2D eigenvalue weighted by atomic mass is 32.1. The zero-order valence-electron chi connectivity index (χ0n) is 9.60. The minimum absolute atomic E-state index is 0.831. The van der Waals surface area contributed by atoms with Gasteiger partial charge in [0.25, 0.3) is 0 Å². The quantitative estimate of drug-likeness (QED) is 0.825. The molecule has 4 heteroatoms. The van der Waals surface area contributed by atoms with Crippen molar-refractivity contribution in [1.82, 2.24) is 9.88 Å². The standard InChI is InChI=1S/C13H15N3S/c14-11-3-1-10(2-4-11)7-16-6-5-12-13(8-16)17-9-15-12/h1-4,9H,5-8,14H2. The van der Waals surface area contributed by atoms with Crippen LogP contribution in [0.15, 0.2) is 29.8 Å². The molecule has 1 aliphatic rings. The van der Waals surface area contributed by atoms with E-state index < -0.39 is 0 Å². The van der Waals surface area contributed by atoms with Crippen LogP contribution in [0.5, 0.6) is 0 Å². The Morgan fingerprint density at radius 1 is 1.29 bits per heavy atom. The summed E-state index contributed by atoms with van der Waals surface area (Å²) in [5.74, 6) is 0. The van der Waals surface area contributed by atoms with Gasteiger partial charge in [0.1, 0.15) is 0 Å². The number of hydrogen-bond donors (Lipinski definition) is 1. The van der Waals surface area contributed by atoms with E-state index >= 15 is 0 Å². The van der Waals surface area contributed by atoms with E-state index in [-0.39, 0.29) is 0 Å². The van der Waals surface area contributed by atoms with Gasteiger partial charge < -0.3 is 5.73 Å². The summed E-state index contributed by atoms with van der Waals surface area (Å²) in [6.45, 7) is 3.13. The summed E-state index contributed by atoms with van der Waals surface area (Å²) in [5, 5.41) is 0. The zero-order valence-corrected chi connectivity index (χ0v) is 10.4. The molecule has 1 aromatic carbocycles. The number of benzene rings is 1. The van der Waals surface area contributed by atoms with Crippen molar-refractivity contribution >= 4 is 17.0 Å². The van der Waals surface area contributed by atoms with Crippen molar-refractivity contribution in [2.24, 2.45) is 0 Å². The third-order valence-corrected chi connectivity index (χ3v) is 4.00. The van der Waals surface area contributed by atoms with E-state index in [0.29, 0.717) is 0 Å². The molecule has 2 N–H and O–H groups in total. The normalized spacial score (nSPS) is 15.8. The first kappa shape index (κ1) is 10.7. The molecule has 17 heavy (non-hydrogen) atoms. The Labute approximate surface area is 105 Å². The number of aromatic nitrogens is 1. The van der Waals surface area contributed by atoms with Crippen LogP contribution in [0.3, 0.4) is 0 Å². The van der Waals surface area contributed by atoms with Crippen molar-refractivity contribution in [3.63, 3.8) is 0 Å². The van der Waals surface area contributed by atoms with E-state index in [4.69, 9.17) is 5.73 Å². The number of thiazole rings is 1. The first-order valence-corrected chi connectivity index (χ1v) is 6.67. The number of nitrogens with two attached hydrogens (primary N) is 1. The third-order valence-electron chi connectivity index (χ3n) is 3.14. The molecule has 1 aliphatic heterocycles. The maximum atomic E-state index is 5.69. The number of rotatable bonds is 2. The van der Waals surface area contributed by atoms with Crippen LogP contribution in [0, 0.1) is 0 Å². The van der Waals surface area contributed by atoms with Crippen LogP contribution in [-0.2, 0) is 19.5 Å². The van der Waals surface area contributed by atoms with Crippen LogP contribution in [-0.4, -0.2) is 16.4 Å². The first-order chi connectivity index (χ1) is 8.31. The lowest BCUT2D eigenvalue weighted by molar-refractivity contribution is 0.247. The van der Waals surface area contributed by atoms with Crippen molar-refractivity contribution in [1.29, 1.82) is 0 Å². The highest BCUT2D eigenvalue weighted by Gasteiger charge is 2.18. The molecule has 0 saturated heterocycles. The highest BCUT2D eigenvalue weighted by molar-refractivity contribution is 7.09. The van der Waals surface area contributed by atoms with Gasteiger partial charge in [0.2, 0.25) is 0 Å². The topological polar surface area (TPSA) is 42.1 Å². The number of nitrogens with zero attached hydrogens (tertiary/aromatic N) is 2. The molecule has 0 unspecified atom stereocenters. The molecule has 0 radical (unpaired) electrons. The molecular formula is C13H15N3S. The first-order valence-electron chi connectivity index (χ1n) is 5.79. The van der Waals surface area contributed by atoms with Crippen molar-refractivity contribution in [2.45, 2.75) is 19.5 Å². The molecular weight excluding hydrogens is 230 g/mol. The molecule has 2 aromatic rings. The molecule has 3 rings (SSSR count). The van der Waals surface area contributed by atoms with Crippen molar-refractivity contribution in [3.05, 3.63) is 45.9 Å². The van der Waals surface area contributed by atoms with Crippen LogP contribution in [0.25, 0.3) is 0 Å². The van der Waals surface area contributed by atoms with Gasteiger partial charge in [0.15, 0.2) is 0 Å². The molecule has 0 amide bonds. The average Bonchev–Trinajstić information content (AvgIpc) is 2.79. The Morgan fingerprint density at radius 2 is 2.12 bits per heavy atom. The van der Waals surface area contributed by atoms with Gasteiger partial charge in [-0.2, -0.15) is 0 Å². The second kappa shape index (κ2) is 4.47. The van der Waals surface area contributed by atoms with E-state index in [2.05, 4.69) is 22.0 Å². The molecule has 0 atom stereocenters. The predicted octanol–water partition coefficient (Wildman–Crippen LogP) is 2.28. The largest absolute Gasteiger partial charge is 0.399 e. The van der Waals surface area contributed by atoms with Gasteiger partial charge in [0.05, 0.1) is 11.2 Å². The molecule has 0 aliphatic carbocycles. The van der Waals surface area contributed by atoms with Crippen LogP contribution in [0.4, 0.5) is 5.69 Å². The molecule has 2 heterocycles. The fourth-order valence-electron chi connectivity index (χ4n) is 2.19. The lowest BCUT2D eigenvalue weighted by Gasteiger charge is -2.25. The summed E-state index contributed by atoms with van der Waals surface area (Å²) in [5.41, 5.74) is 11.1. The van der Waals surface area contributed by atoms with Gasteiger partial charge in [-0.1, -0.05) is 12.1 Å². The van der Waals surface area contributed by atoms with Gasteiger partial charge in [-0.25, -0.2) is 4.98 Å². The number of nitrogen functional groups attached to an aromatic ring is 1. The van der Waals surface area contributed by atoms with Crippen LogP contribution >= 0.6 is 11.3 Å². The van der Waals surface area contributed by atoms with Crippen LogP contribution < -0.4 is 5.73 Å². The smallest absolute Gasteiger partial charge is 0.0798 e.